The fourth-order valence-corrected chi connectivity index (χ4v) is 3.52. The van der Waals surface area contributed by atoms with Gasteiger partial charge < -0.3 is 20.4 Å². The Morgan fingerprint density at radius 3 is 1.87 bits per heavy atom. The normalized spacial score (nSPS) is 24.3. The topological polar surface area (TPSA) is 152 Å². The molecule has 0 unspecified atom stereocenters. The van der Waals surface area contributed by atoms with E-state index in [-0.39, 0.29) is 12.8 Å². The average Bonchev–Trinajstić information content (AvgIpc) is 2.38. The van der Waals surface area contributed by atoms with Crippen LogP contribution in [-0.2, 0) is 19.2 Å². The van der Waals surface area contributed by atoms with E-state index in [1.807, 2.05) is 0 Å². The largest absolute Gasteiger partial charge is 0.481 e. The summed E-state index contributed by atoms with van der Waals surface area (Å²) in [6.45, 7) is -1.29. The first-order valence-corrected chi connectivity index (χ1v) is 7.29. The smallest absolute Gasteiger partial charge is 0.317 e. The van der Waals surface area contributed by atoms with E-state index in [2.05, 4.69) is 0 Å². The van der Waals surface area contributed by atoms with E-state index in [0.717, 1.165) is 4.90 Å². The van der Waals surface area contributed by atoms with Gasteiger partial charge in [0.1, 0.15) is 0 Å². The second-order valence-electron chi connectivity index (χ2n) is 5.86. The summed E-state index contributed by atoms with van der Waals surface area (Å²) in [6.07, 6.45) is 1.19. The van der Waals surface area contributed by atoms with Crippen molar-refractivity contribution in [2.75, 3.05) is 13.1 Å². The van der Waals surface area contributed by atoms with Gasteiger partial charge in [-0.3, -0.25) is 24.1 Å². The molecule has 4 N–H and O–H groups in total. The van der Waals surface area contributed by atoms with E-state index >= 15 is 0 Å². The molecule has 0 heterocycles. The predicted octanol–water partition coefficient (Wildman–Crippen LogP) is 0.336. The second-order valence-corrected chi connectivity index (χ2v) is 5.86. The maximum absolute atomic E-state index is 11.3. The number of nitrogens with zero attached hydrogens (tertiary/aromatic N) is 1. The zero-order chi connectivity index (χ0) is 17.6. The summed E-state index contributed by atoms with van der Waals surface area (Å²) in [5.74, 6) is -5.49. The molecule has 0 bridgehead atoms. The first-order chi connectivity index (χ1) is 10.7. The molecule has 0 spiro atoms. The highest BCUT2D eigenvalue weighted by Gasteiger charge is 2.48. The number of hydrogen-bond donors (Lipinski definition) is 4. The molecule has 0 saturated heterocycles. The van der Waals surface area contributed by atoms with Crippen molar-refractivity contribution in [2.24, 2.45) is 5.92 Å². The Morgan fingerprint density at radius 2 is 1.43 bits per heavy atom. The number of carboxylic acid groups (broad SMARTS) is 4. The van der Waals surface area contributed by atoms with Gasteiger partial charge in [0.15, 0.2) is 0 Å². The van der Waals surface area contributed by atoms with Gasteiger partial charge in [-0.05, 0) is 18.8 Å². The van der Waals surface area contributed by atoms with Crippen molar-refractivity contribution in [3.63, 3.8) is 0 Å². The molecule has 0 amide bonds. The van der Waals surface area contributed by atoms with Crippen molar-refractivity contribution in [2.45, 2.75) is 44.1 Å². The van der Waals surface area contributed by atoms with Gasteiger partial charge in [0.2, 0.25) is 0 Å². The molecule has 1 saturated carbocycles. The third-order valence-corrected chi connectivity index (χ3v) is 4.33. The molecule has 130 valence electrons. The van der Waals surface area contributed by atoms with Crippen molar-refractivity contribution in [3.05, 3.63) is 0 Å². The van der Waals surface area contributed by atoms with Crippen molar-refractivity contribution in [3.8, 4) is 0 Å². The molecule has 0 aliphatic heterocycles. The molecule has 23 heavy (non-hydrogen) atoms. The summed E-state index contributed by atoms with van der Waals surface area (Å²) in [5, 5.41) is 36.4. The van der Waals surface area contributed by atoms with Gasteiger partial charge in [-0.15, -0.1) is 0 Å². The van der Waals surface area contributed by atoms with Gasteiger partial charge in [0, 0.05) is 12.0 Å². The van der Waals surface area contributed by atoms with Crippen LogP contribution in [0.1, 0.15) is 38.5 Å². The van der Waals surface area contributed by atoms with E-state index in [1.165, 1.54) is 0 Å². The number of aliphatic carboxylic acids is 4. The Bertz CT molecular complexity index is 475. The monoisotopic (exact) mass is 331 g/mol. The van der Waals surface area contributed by atoms with E-state index in [1.54, 1.807) is 0 Å². The van der Waals surface area contributed by atoms with Crippen LogP contribution in [0.15, 0.2) is 0 Å². The van der Waals surface area contributed by atoms with E-state index in [9.17, 15) is 24.3 Å². The van der Waals surface area contributed by atoms with E-state index in [4.69, 9.17) is 15.3 Å². The van der Waals surface area contributed by atoms with Crippen LogP contribution in [0.2, 0.25) is 0 Å². The van der Waals surface area contributed by atoms with Crippen LogP contribution >= 0.6 is 0 Å². The highest BCUT2D eigenvalue weighted by atomic mass is 16.4. The molecular formula is C14H21NO8. The minimum atomic E-state index is -1.28. The Balaban J connectivity index is 3.26. The maximum Gasteiger partial charge on any atom is 0.317 e. The van der Waals surface area contributed by atoms with Gasteiger partial charge >= 0.3 is 23.9 Å². The first kappa shape index (κ1) is 18.9. The molecule has 0 radical (unpaired) electrons. The summed E-state index contributed by atoms with van der Waals surface area (Å²) in [4.78, 5) is 45.7. The molecule has 2 atom stereocenters. The SMILES string of the molecule is O=C(O)C[C@@H]1CCCC[C@@]1(CC(=O)O)N(CC(=O)O)CC(=O)O. The molecule has 1 aliphatic carbocycles. The Labute approximate surface area is 132 Å². The van der Waals surface area contributed by atoms with Gasteiger partial charge in [0.25, 0.3) is 0 Å². The zero-order valence-corrected chi connectivity index (χ0v) is 12.6. The van der Waals surface area contributed by atoms with Crippen molar-refractivity contribution < 1.29 is 39.6 Å². The molecule has 1 fully saturated rings. The Hall–Kier alpha value is -2.16. The number of rotatable bonds is 9. The summed E-state index contributed by atoms with van der Waals surface area (Å²) < 4.78 is 0. The minimum absolute atomic E-state index is 0.262. The van der Waals surface area contributed by atoms with E-state index in [0.29, 0.717) is 19.3 Å². The lowest BCUT2D eigenvalue weighted by atomic mass is 9.68. The highest BCUT2D eigenvalue weighted by Crippen LogP contribution is 2.43. The highest BCUT2D eigenvalue weighted by molar-refractivity contribution is 5.74. The van der Waals surface area contributed by atoms with Gasteiger partial charge in [-0.2, -0.15) is 0 Å². The lowest BCUT2D eigenvalue weighted by Crippen LogP contribution is -2.59. The van der Waals surface area contributed by atoms with Crippen LogP contribution in [0.3, 0.4) is 0 Å². The summed E-state index contributed by atoms with van der Waals surface area (Å²) in [7, 11) is 0. The standard InChI is InChI=1S/C14H21NO8/c16-10(17)5-9-3-1-2-4-14(9,6-11(18)19)15(7-12(20)21)8-13(22)23/h9H,1-8H2,(H,16,17)(H,18,19)(H,20,21)(H,22,23)/t9-,14-/m0/s1. The molecule has 0 aromatic heterocycles. The molecule has 0 aromatic rings. The Morgan fingerprint density at radius 1 is 0.870 bits per heavy atom. The number of carbonyl (C=O) groups is 4. The molecule has 1 aliphatic rings. The van der Waals surface area contributed by atoms with Crippen molar-refractivity contribution in [1.29, 1.82) is 0 Å². The summed E-state index contributed by atoms with van der Waals surface area (Å²) in [5.41, 5.74) is -1.28. The quantitative estimate of drug-likeness (QED) is 0.468. The van der Waals surface area contributed by atoms with Crippen molar-refractivity contribution in [1.82, 2.24) is 4.90 Å². The van der Waals surface area contributed by atoms with Gasteiger partial charge in [-0.25, -0.2) is 0 Å². The number of hydrogen-bond acceptors (Lipinski definition) is 5. The molecule has 9 heteroatoms. The summed E-state index contributed by atoms with van der Waals surface area (Å²) in [6, 6.07) is 0. The van der Waals surface area contributed by atoms with Crippen LogP contribution in [0.4, 0.5) is 0 Å². The van der Waals surface area contributed by atoms with Crippen LogP contribution in [0.25, 0.3) is 0 Å². The third kappa shape index (κ3) is 5.20. The van der Waals surface area contributed by atoms with E-state index < -0.39 is 54.8 Å². The molecule has 9 nitrogen and oxygen atoms in total. The van der Waals surface area contributed by atoms with Crippen LogP contribution in [0, 0.1) is 5.92 Å². The first-order valence-electron chi connectivity index (χ1n) is 7.29. The predicted molar refractivity (Wildman–Crippen MR) is 76.0 cm³/mol. The summed E-state index contributed by atoms with van der Waals surface area (Å²) >= 11 is 0. The average molecular weight is 331 g/mol. The Kier molecular flexibility index (Phi) is 6.49. The number of carboxylic acids is 4. The molecule has 0 aromatic carbocycles. The van der Waals surface area contributed by atoms with Gasteiger partial charge in [0.05, 0.1) is 19.5 Å². The fraction of sp³-hybridized carbons (Fsp3) is 0.714. The minimum Gasteiger partial charge on any atom is -0.481 e. The molecule has 1 rings (SSSR count). The maximum atomic E-state index is 11.3. The second kappa shape index (κ2) is 7.91. The lowest BCUT2D eigenvalue weighted by Gasteiger charge is -2.49. The zero-order valence-electron chi connectivity index (χ0n) is 12.6. The van der Waals surface area contributed by atoms with Crippen LogP contribution < -0.4 is 0 Å². The van der Waals surface area contributed by atoms with Crippen LogP contribution in [-0.4, -0.2) is 67.8 Å². The third-order valence-electron chi connectivity index (χ3n) is 4.33. The van der Waals surface area contributed by atoms with Gasteiger partial charge in [-0.1, -0.05) is 12.8 Å². The fourth-order valence-electron chi connectivity index (χ4n) is 3.52. The van der Waals surface area contributed by atoms with Crippen LogP contribution in [0.5, 0.6) is 0 Å². The van der Waals surface area contributed by atoms with Crippen molar-refractivity contribution >= 4 is 23.9 Å². The molecular weight excluding hydrogens is 310 g/mol. The lowest BCUT2D eigenvalue weighted by molar-refractivity contribution is -0.156.